The molecule has 1 amide bonds. The van der Waals surface area contributed by atoms with Crippen LogP contribution in [0, 0.1) is 5.82 Å². The van der Waals surface area contributed by atoms with E-state index in [1.54, 1.807) is 0 Å². The maximum absolute atomic E-state index is 12.7. The molecule has 7 heteroatoms. The van der Waals surface area contributed by atoms with Crippen LogP contribution in [0.3, 0.4) is 0 Å². The van der Waals surface area contributed by atoms with Crippen LogP contribution in [0.5, 0.6) is 5.75 Å². The van der Waals surface area contributed by atoms with E-state index in [9.17, 15) is 19.1 Å². The number of carbonyl (C=O) groups is 2. The van der Waals surface area contributed by atoms with Crippen molar-refractivity contribution >= 4 is 23.3 Å². The molecule has 6 nitrogen and oxygen atoms in total. The van der Waals surface area contributed by atoms with Gasteiger partial charge in [-0.25, -0.2) is 9.18 Å². The van der Waals surface area contributed by atoms with Crippen molar-refractivity contribution in [2.45, 2.75) is 0 Å². The van der Waals surface area contributed by atoms with E-state index < -0.39 is 17.6 Å². The second-order valence-corrected chi connectivity index (χ2v) is 4.42. The molecule has 2 aromatic rings. The number of aromatic hydroxyl groups is 1. The van der Waals surface area contributed by atoms with E-state index in [0.29, 0.717) is 5.69 Å². The highest BCUT2D eigenvalue weighted by atomic mass is 19.1. The molecule has 0 aliphatic heterocycles. The number of halogens is 1. The van der Waals surface area contributed by atoms with Gasteiger partial charge in [0, 0.05) is 5.69 Å². The van der Waals surface area contributed by atoms with E-state index in [1.165, 1.54) is 42.5 Å². The monoisotopic (exact) mass is 304 g/mol. The molecular formula is C15H13FN2O4. The number of phenols is 1. The number of benzene rings is 2. The second kappa shape index (κ2) is 6.57. The van der Waals surface area contributed by atoms with Crippen molar-refractivity contribution in [2.75, 3.05) is 17.2 Å². The van der Waals surface area contributed by atoms with Gasteiger partial charge in [0.05, 0.1) is 12.2 Å². The van der Waals surface area contributed by atoms with Crippen LogP contribution in [-0.2, 0) is 4.79 Å². The smallest absolute Gasteiger partial charge is 0.339 e. The van der Waals surface area contributed by atoms with Crippen LogP contribution >= 0.6 is 0 Å². The normalized spacial score (nSPS) is 10.0. The third kappa shape index (κ3) is 3.72. The Kier molecular flexibility index (Phi) is 4.57. The van der Waals surface area contributed by atoms with Gasteiger partial charge < -0.3 is 20.8 Å². The highest BCUT2D eigenvalue weighted by Crippen LogP contribution is 2.27. The summed E-state index contributed by atoms with van der Waals surface area (Å²) < 4.78 is 12.7. The van der Waals surface area contributed by atoms with Crippen molar-refractivity contribution in [1.29, 1.82) is 0 Å². The Hall–Kier alpha value is -3.09. The summed E-state index contributed by atoms with van der Waals surface area (Å²) in [6.07, 6.45) is 0. The van der Waals surface area contributed by atoms with E-state index in [1.807, 2.05) is 0 Å². The van der Waals surface area contributed by atoms with Crippen LogP contribution in [0.2, 0.25) is 0 Å². The fraction of sp³-hybridized carbons (Fsp3) is 0.0667. The minimum Gasteiger partial charge on any atom is -0.505 e. The van der Waals surface area contributed by atoms with Crippen molar-refractivity contribution in [2.24, 2.45) is 0 Å². The number of para-hydroxylation sites is 1. The summed E-state index contributed by atoms with van der Waals surface area (Å²) in [6.45, 7) is -0.123. The van der Waals surface area contributed by atoms with Crippen molar-refractivity contribution in [3.05, 3.63) is 53.8 Å². The van der Waals surface area contributed by atoms with Crippen LogP contribution in [-0.4, -0.2) is 28.6 Å². The Balaban J connectivity index is 1.99. The minimum atomic E-state index is -1.29. The van der Waals surface area contributed by atoms with Gasteiger partial charge in [0.2, 0.25) is 5.91 Å². The number of anilines is 2. The van der Waals surface area contributed by atoms with E-state index in [0.717, 1.165) is 0 Å². The van der Waals surface area contributed by atoms with Crippen LogP contribution in [0.25, 0.3) is 0 Å². The molecule has 0 saturated heterocycles. The first-order valence-corrected chi connectivity index (χ1v) is 6.32. The molecular weight excluding hydrogens is 291 g/mol. The first-order chi connectivity index (χ1) is 10.5. The number of aromatic carboxylic acids is 1. The number of nitrogens with one attached hydrogen (secondary N) is 2. The number of hydrogen-bond donors (Lipinski definition) is 4. The lowest BCUT2D eigenvalue weighted by molar-refractivity contribution is -0.114. The zero-order chi connectivity index (χ0) is 16.1. The molecule has 0 bridgehead atoms. The third-order valence-electron chi connectivity index (χ3n) is 2.84. The zero-order valence-electron chi connectivity index (χ0n) is 11.3. The minimum absolute atomic E-state index is 0.00538. The highest BCUT2D eigenvalue weighted by Gasteiger charge is 2.14. The number of hydrogen-bond acceptors (Lipinski definition) is 4. The predicted molar refractivity (Wildman–Crippen MR) is 78.6 cm³/mol. The zero-order valence-corrected chi connectivity index (χ0v) is 11.3. The summed E-state index contributed by atoms with van der Waals surface area (Å²) in [5.41, 5.74) is 0.259. The van der Waals surface area contributed by atoms with Gasteiger partial charge in [-0.15, -0.1) is 0 Å². The van der Waals surface area contributed by atoms with E-state index >= 15 is 0 Å². The molecule has 22 heavy (non-hydrogen) atoms. The van der Waals surface area contributed by atoms with Gasteiger partial charge in [0.15, 0.2) is 5.75 Å². The lowest BCUT2D eigenvalue weighted by Gasteiger charge is -2.10. The van der Waals surface area contributed by atoms with E-state index in [4.69, 9.17) is 5.11 Å². The van der Waals surface area contributed by atoms with E-state index in [2.05, 4.69) is 10.6 Å². The summed E-state index contributed by atoms with van der Waals surface area (Å²) in [6, 6.07) is 9.48. The summed E-state index contributed by atoms with van der Waals surface area (Å²) in [5.74, 6) is -2.67. The number of carboxylic acids is 1. The molecule has 2 aromatic carbocycles. The van der Waals surface area contributed by atoms with Crippen molar-refractivity contribution in [1.82, 2.24) is 0 Å². The first kappa shape index (κ1) is 15.3. The molecule has 0 fully saturated rings. The molecule has 0 aliphatic rings. The first-order valence-electron chi connectivity index (χ1n) is 6.32. The molecule has 0 heterocycles. The van der Waals surface area contributed by atoms with E-state index in [-0.39, 0.29) is 23.6 Å². The van der Waals surface area contributed by atoms with Crippen molar-refractivity contribution in [3.8, 4) is 5.75 Å². The quantitative estimate of drug-likeness (QED) is 0.635. The molecule has 2 rings (SSSR count). The fourth-order valence-electron chi connectivity index (χ4n) is 1.76. The Morgan fingerprint density at radius 3 is 2.41 bits per heavy atom. The summed E-state index contributed by atoms with van der Waals surface area (Å²) in [7, 11) is 0. The van der Waals surface area contributed by atoms with Gasteiger partial charge in [-0.05, 0) is 36.4 Å². The van der Waals surface area contributed by atoms with Crippen LogP contribution in [0.4, 0.5) is 15.8 Å². The van der Waals surface area contributed by atoms with Gasteiger partial charge in [0.1, 0.15) is 11.4 Å². The number of amides is 1. The van der Waals surface area contributed by atoms with Gasteiger partial charge in [-0.2, -0.15) is 0 Å². The van der Waals surface area contributed by atoms with Crippen molar-refractivity contribution in [3.63, 3.8) is 0 Å². The summed E-state index contributed by atoms with van der Waals surface area (Å²) in [4.78, 5) is 22.7. The van der Waals surface area contributed by atoms with Gasteiger partial charge in [0.25, 0.3) is 0 Å². The Labute approximate surface area is 125 Å². The Bertz CT molecular complexity index is 701. The fourth-order valence-corrected chi connectivity index (χ4v) is 1.76. The average Bonchev–Trinajstić information content (AvgIpc) is 2.48. The number of carboxylic acid groups (broad SMARTS) is 1. The molecule has 0 atom stereocenters. The second-order valence-electron chi connectivity index (χ2n) is 4.42. The Morgan fingerprint density at radius 2 is 1.77 bits per heavy atom. The van der Waals surface area contributed by atoms with Crippen molar-refractivity contribution < 1.29 is 24.2 Å². The SMILES string of the molecule is O=C(CNc1ccc(F)cc1)Nc1cccc(C(=O)O)c1O. The Morgan fingerprint density at radius 1 is 1.09 bits per heavy atom. The molecule has 4 N–H and O–H groups in total. The number of rotatable bonds is 5. The highest BCUT2D eigenvalue weighted by molar-refractivity contribution is 5.99. The lowest BCUT2D eigenvalue weighted by Crippen LogP contribution is -2.22. The third-order valence-corrected chi connectivity index (χ3v) is 2.84. The molecule has 0 unspecified atom stereocenters. The molecule has 0 radical (unpaired) electrons. The van der Waals surface area contributed by atoms with Gasteiger partial charge in [-0.1, -0.05) is 6.07 Å². The molecule has 0 aliphatic carbocycles. The van der Waals surface area contributed by atoms with Crippen LogP contribution < -0.4 is 10.6 Å². The molecule has 0 spiro atoms. The molecule has 0 aromatic heterocycles. The maximum Gasteiger partial charge on any atom is 0.339 e. The lowest BCUT2D eigenvalue weighted by atomic mass is 10.1. The van der Waals surface area contributed by atoms with Crippen LogP contribution in [0.15, 0.2) is 42.5 Å². The van der Waals surface area contributed by atoms with Crippen LogP contribution in [0.1, 0.15) is 10.4 Å². The van der Waals surface area contributed by atoms with Gasteiger partial charge in [-0.3, -0.25) is 4.79 Å². The maximum atomic E-state index is 12.7. The topological polar surface area (TPSA) is 98.7 Å². The predicted octanol–water partition coefficient (Wildman–Crippen LogP) is 2.28. The molecule has 114 valence electrons. The molecule has 0 saturated carbocycles. The standard InChI is InChI=1S/C15H13FN2O4/c16-9-4-6-10(7-5-9)17-8-13(19)18-12-3-1-2-11(14(12)20)15(21)22/h1-7,17,20H,8H2,(H,18,19)(H,21,22). The summed E-state index contributed by atoms with van der Waals surface area (Å²) in [5, 5.41) is 23.8. The largest absolute Gasteiger partial charge is 0.505 e. The average molecular weight is 304 g/mol. The summed E-state index contributed by atoms with van der Waals surface area (Å²) >= 11 is 0. The van der Waals surface area contributed by atoms with Gasteiger partial charge >= 0.3 is 5.97 Å². The number of carbonyl (C=O) groups excluding carboxylic acids is 1.